The van der Waals surface area contributed by atoms with Gasteiger partial charge in [0.25, 0.3) is 0 Å². The molecule has 10 aromatic rings. The summed E-state index contributed by atoms with van der Waals surface area (Å²) >= 11 is 6.26. The molecule has 25 nitrogen and oxygen atoms in total. The number of oxime groups is 1. The fourth-order valence-corrected chi connectivity index (χ4v) is 11.1. The number of aryl methyl sites for hydroxylation is 9. The summed E-state index contributed by atoms with van der Waals surface area (Å²) in [5, 5.41) is 36.5. The Morgan fingerprint density at radius 2 is 1.02 bits per heavy atom. The summed E-state index contributed by atoms with van der Waals surface area (Å²) in [6.07, 6.45) is 6.51. The highest BCUT2D eigenvalue weighted by molar-refractivity contribution is 6.29. The lowest BCUT2D eigenvalue weighted by Gasteiger charge is -2.17. The quantitative estimate of drug-likeness (QED) is 0.0133. The molecule has 12 rings (SSSR count). The number of fused-ring (bicyclic) bond motifs is 3. The normalized spacial score (nSPS) is 13.6. The van der Waals surface area contributed by atoms with Crippen LogP contribution in [0.2, 0.25) is 5.15 Å². The van der Waals surface area contributed by atoms with Crippen LogP contribution in [0.5, 0.6) is 17.2 Å². The zero-order valence-corrected chi connectivity index (χ0v) is 58.6. The van der Waals surface area contributed by atoms with Crippen molar-refractivity contribution < 1.29 is 43.0 Å². The van der Waals surface area contributed by atoms with Crippen LogP contribution in [0.15, 0.2) is 82.5 Å². The van der Waals surface area contributed by atoms with E-state index in [4.69, 9.17) is 71.9 Å². The van der Waals surface area contributed by atoms with E-state index in [2.05, 4.69) is 67.6 Å². The van der Waals surface area contributed by atoms with Crippen LogP contribution >= 0.6 is 11.6 Å². The summed E-state index contributed by atoms with van der Waals surface area (Å²) in [5.74, 6) is 6.09. The lowest BCUT2D eigenvalue weighted by Crippen LogP contribution is -2.30. The van der Waals surface area contributed by atoms with Gasteiger partial charge < -0.3 is 55.5 Å². The second-order valence-electron chi connectivity index (χ2n) is 23.8. The van der Waals surface area contributed by atoms with Gasteiger partial charge in [-0.25, -0.2) is 24.3 Å². The molecule has 2 saturated carbocycles. The Labute approximate surface area is 564 Å². The molecule has 510 valence electrons. The van der Waals surface area contributed by atoms with Crippen molar-refractivity contribution in [3.8, 4) is 50.6 Å². The minimum absolute atomic E-state index is 0.101. The van der Waals surface area contributed by atoms with Gasteiger partial charge in [-0.2, -0.15) is 29.3 Å². The van der Waals surface area contributed by atoms with Crippen molar-refractivity contribution in [2.24, 2.45) is 22.5 Å². The topological polar surface area (TPSA) is 318 Å². The fourth-order valence-electron chi connectivity index (χ4n) is 10.8. The van der Waals surface area contributed by atoms with Crippen molar-refractivity contribution in [2.75, 3.05) is 46.2 Å². The van der Waals surface area contributed by atoms with Gasteiger partial charge in [0, 0.05) is 57.7 Å². The molecule has 3 aromatic carbocycles. The molecule has 7 heterocycles. The molecule has 0 spiro atoms. The third-order valence-corrected chi connectivity index (χ3v) is 16.7. The third kappa shape index (κ3) is 16.8. The average molecular weight is 1330 g/mol. The predicted octanol–water partition coefficient (Wildman–Crippen LogP) is 12.9. The first-order valence-corrected chi connectivity index (χ1v) is 32.3. The van der Waals surface area contributed by atoms with Crippen molar-refractivity contribution in [3.05, 3.63) is 141 Å². The molecule has 0 amide bonds. The lowest BCUT2D eigenvalue weighted by molar-refractivity contribution is -0.142. The van der Waals surface area contributed by atoms with Gasteiger partial charge in [-0.3, -0.25) is 4.79 Å². The summed E-state index contributed by atoms with van der Waals surface area (Å²) in [6, 6.07) is 22.7. The molecule has 0 bridgehead atoms. The zero-order chi connectivity index (χ0) is 69.8. The van der Waals surface area contributed by atoms with Crippen molar-refractivity contribution in [1.82, 2.24) is 53.9 Å². The summed E-state index contributed by atoms with van der Waals surface area (Å²) in [4.78, 5) is 41.2. The number of carbonyl (C=O) groups is 2. The molecule has 2 aliphatic carbocycles. The molecule has 0 aliphatic heterocycles. The average Bonchev–Trinajstić information content (AvgIpc) is 1.61. The Morgan fingerprint density at radius 1 is 0.594 bits per heavy atom. The number of methoxy groups -OCH3 is 5. The highest BCUT2D eigenvalue weighted by atomic mass is 35.5. The first kappa shape index (κ1) is 72.0. The number of nitrogens with zero attached hydrogens (tertiary/aromatic N) is 12. The van der Waals surface area contributed by atoms with Crippen molar-refractivity contribution in [1.29, 1.82) is 0 Å². The summed E-state index contributed by atoms with van der Waals surface area (Å²) in [7, 11) is 7.72. The van der Waals surface area contributed by atoms with Gasteiger partial charge in [0.05, 0.1) is 52.6 Å². The smallest absolute Gasteiger partial charge is 0.328 e. The first-order valence-electron chi connectivity index (χ1n) is 31.9. The summed E-state index contributed by atoms with van der Waals surface area (Å²) in [5.41, 5.74) is 27.6. The molecule has 26 heteroatoms. The van der Waals surface area contributed by atoms with Crippen LogP contribution in [0.4, 0.5) is 11.6 Å². The maximum Gasteiger partial charge on any atom is 0.328 e. The number of amidine groups is 1. The monoisotopic (exact) mass is 1330 g/mol. The van der Waals surface area contributed by atoms with Crippen LogP contribution in [0.1, 0.15) is 140 Å². The van der Waals surface area contributed by atoms with Crippen LogP contribution in [0.3, 0.4) is 0 Å². The number of halogens is 1. The minimum Gasteiger partial charge on any atom is -0.497 e. The van der Waals surface area contributed by atoms with Crippen LogP contribution in [0.25, 0.3) is 50.3 Å². The number of rotatable bonds is 18. The Hall–Kier alpha value is -9.88. The molecule has 2 aliphatic rings. The van der Waals surface area contributed by atoms with Gasteiger partial charge in [-0.1, -0.05) is 60.9 Å². The number of carbonyl (C=O) groups excluding carboxylic acids is 2. The Balaban J connectivity index is 0.000000168. The van der Waals surface area contributed by atoms with Crippen molar-refractivity contribution in [3.63, 3.8) is 0 Å². The second-order valence-corrected chi connectivity index (χ2v) is 24.1. The lowest BCUT2D eigenvalue weighted by atomic mass is 10.0. The van der Waals surface area contributed by atoms with E-state index >= 15 is 0 Å². The summed E-state index contributed by atoms with van der Waals surface area (Å²) < 4.78 is 36.1. The molecular formula is C70H89ClN16O9. The van der Waals surface area contributed by atoms with Gasteiger partial charge in [-0.15, -0.1) is 0 Å². The molecule has 3 atom stereocenters. The fraction of sp³-hybridized carbons (Fsp3) is 0.414. The maximum atomic E-state index is 12.0. The standard InChI is InChI=1S/C24H28N6O2.C21H26N4O3.C16H16ClN3O.C5H11NO2.C4H8N2O/c1-6-19(24-27-22(29-32-24)16-7-8-16)26-20-12-14(3)25-23-21(15(4)28-30(20)23)18-10-9-17(31-5)11-13(18)2;1-7-17(21(26)28-6)23-18-11-13(3)22-20-19(14(4)24-25(18)20)16-9-8-15(27-5)10-12(16)2;1-9-7-12(21-4)5-6-13(9)15-11(3)19-20-14(17)8-10(2)18-16(15)20;1-3-4(6)5(7)8-2;5-4(6-7)3-1-2-3/h9-12,16,19,26H,6-8H2,1-5H3;8-11,17,23H,7H2,1-6H3;5-8H,1-4H3;4H,3,6H2,1-2H3;3,7H,1-2H2,(H2,5,6). The molecule has 96 heavy (non-hydrogen) atoms. The molecule has 2 fully saturated rings. The molecule has 0 radical (unpaired) electrons. The minimum atomic E-state index is -0.453. The molecule has 0 saturated heterocycles. The number of nitrogens with two attached hydrogens (primary N) is 2. The van der Waals surface area contributed by atoms with E-state index in [0.717, 1.165) is 162 Å². The molecule has 7 N–H and O–H groups in total. The maximum absolute atomic E-state index is 12.0. The van der Waals surface area contributed by atoms with Gasteiger partial charge in [0.2, 0.25) is 5.89 Å². The molecule has 3 unspecified atom stereocenters. The Kier molecular flexibility index (Phi) is 24.0. The van der Waals surface area contributed by atoms with E-state index in [0.29, 0.717) is 47.4 Å². The summed E-state index contributed by atoms with van der Waals surface area (Å²) in [6.45, 7) is 23.8. The predicted molar refractivity (Wildman–Crippen MR) is 372 cm³/mol. The van der Waals surface area contributed by atoms with Crippen molar-refractivity contribution >= 4 is 58.0 Å². The molecular weight excluding hydrogens is 1240 g/mol. The zero-order valence-electron chi connectivity index (χ0n) is 57.9. The highest BCUT2D eigenvalue weighted by Crippen LogP contribution is 2.40. The van der Waals surface area contributed by atoms with E-state index < -0.39 is 12.1 Å². The number of anilines is 2. The van der Waals surface area contributed by atoms with Crippen LogP contribution in [-0.4, -0.2) is 125 Å². The van der Waals surface area contributed by atoms with E-state index in [1.807, 2.05) is 134 Å². The van der Waals surface area contributed by atoms with Gasteiger partial charge in [0.1, 0.15) is 58.0 Å². The first-order chi connectivity index (χ1) is 45.9. The van der Waals surface area contributed by atoms with E-state index in [-0.39, 0.29) is 18.0 Å². The Morgan fingerprint density at radius 3 is 1.38 bits per heavy atom. The third-order valence-electron chi connectivity index (χ3n) is 16.4. The SMILES string of the molecule is CCC(N)C(=O)OC.CCC(Nc1cc(C)nc2c(-c3ccc(OC)cc3C)c(C)nn12)C(=O)OC.CCC(Nc1cc(C)nc2c(-c3ccc(OC)cc3C)c(C)nn12)c1nc(C2CC2)no1.COc1ccc(-c2c(C)nn3c(Cl)cc(C)nc23)c(C)c1.N/C(=N\O)C1CC1. The Bertz CT molecular complexity index is 4420. The van der Waals surface area contributed by atoms with E-state index in [1.54, 1.807) is 30.4 Å². The van der Waals surface area contributed by atoms with Crippen LogP contribution < -0.4 is 36.3 Å². The number of hydrogen-bond acceptors (Lipinski definition) is 21. The highest BCUT2D eigenvalue weighted by Gasteiger charge is 2.31. The number of nitrogens with one attached hydrogen (secondary N) is 2. The number of hydrogen-bond donors (Lipinski definition) is 5. The van der Waals surface area contributed by atoms with E-state index in [9.17, 15) is 9.59 Å². The van der Waals surface area contributed by atoms with E-state index in [1.165, 1.54) is 14.2 Å². The number of ether oxygens (including phenoxy) is 5. The number of aromatic nitrogens is 11. The second kappa shape index (κ2) is 32.0. The van der Waals surface area contributed by atoms with Gasteiger partial charge in [-0.05, 0) is 183 Å². The van der Waals surface area contributed by atoms with Crippen molar-refractivity contribution in [2.45, 2.75) is 152 Å². The molecule has 7 aromatic heterocycles. The largest absolute Gasteiger partial charge is 0.497 e. The van der Waals surface area contributed by atoms with Crippen LogP contribution in [0, 0.1) is 68.2 Å². The number of esters is 2. The number of benzene rings is 3. The van der Waals surface area contributed by atoms with Crippen LogP contribution in [-0.2, 0) is 19.1 Å². The van der Waals surface area contributed by atoms with Gasteiger partial charge in [0.15, 0.2) is 22.8 Å². The van der Waals surface area contributed by atoms with Gasteiger partial charge >= 0.3 is 11.9 Å².